The molecule has 2 aromatic rings. The molecular weight excluding hydrogens is 202 g/mol. The maximum absolute atomic E-state index is 10.1. The zero-order chi connectivity index (χ0) is 11.8. The number of aliphatic hydroxyl groups is 1. The van der Waals surface area contributed by atoms with Gasteiger partial charge >= 0.3 is 0 Å². The lowest BCUT2D eigenvalue weighted by atomic mass is 9.96. The van der Waals surface area contributed by atoms with Crippen molar-refractivity contribution in [2.24, 2.45) is 5.73 Å². The highest BCUT2D eigenvalue weighted by Gasteiger charge is 2.21. The first-order chi connectivity index (χ1) is 7.56. The van der Waals surface area contributed by atoms with Gasteiger partial charge in [0.1, 0.15) is 5.82 Å². The lowest BCUT2D eigenvalue weighted by molar-refractivity contribution is 0.0669. The minimum atomic E-state index is -0.980. The summed E-state index contributed by atoms with van der Waals surface area (Å²) in [4.78, 5) is 7.63. The van der Waals surface area contributed by atoms with Crippen molar-refractivity contribution in [3.63, 3.8) is 0 Å². The van der Waals surface area contributed by atoms with E-state index in [1.54, 1.807) is 6.92 Å². The Kier molecular flexibility index (Phi) is 2.69. The minimum absolute atomic E-state index is 0.202. The number of imidazole rings is 1. The first-order valence-corrected chi connectivity index (χ1v) is 5.48. The molecular formula is C12H17N3O. The standard InChI is InChI=1S/C12H17N3O/c1-3-11-14-9-5-4-8(6-10(9)15-11)12(2,16)7-13/h4-6,16H,3,7,13H2,1-2H3,(H,14,15). The van der Waals surface area contributed by atoms with E-state index in [4.69, 9.17) is 5.73 Å². The number of nitrogens with two attached hydrogens (primary N) is 1. The number of hydrogen-bond donors (Lipinski definition) is 3. The highest BCUT2D eigenvalue weighted by atomic mass is 16.3. The molecule has 4 nitrogen and oxygen atoms in total. The van der Waals surface area contributed by atoms with Crippen LogP contribution < -0.4 is 5.73 Å². The summed E-state index contributed by atoms with van der Waals surface area (Å²) in [6.07, 6.45) is 0.872. The molecule has 0 amide bonds. The van der Waals surface area contributed by atoms with Crippen LogP contribution in [0.1, 0.15) is 25.2 Å². The van der Waals surface area contributed by atoms with E-state index in [2.05, 4.69) is 16.9 Å². The average molecular weight is 219 g/mol. The van der Waals surface area contributed by atoms with Gasteiger partial charge in [0.2, 0.25) is 0 Å². The van der Waals surface area contributed by atoms with Crippen LogP contribution in [0, 0.1) is 0 Å². The molecule has 16 heavy (non-hydrogen) atoms. The number of hydrogen-bond acceptors (Lipinski definition) is 3. The summed E-state index contributed by atoms with van der Waals surface area (Å²) in [5.74, 6) is 0.958. The molecule has 0 bridgehead atoms. The van der Waals surface area contributed by atoms with E-state index in [9.17, 15) is 5.11 Å². The molecule has 0 aliphatic heterocycles. The fourth-order valence-electron chi connectivity index (χ4n) is 1.68. The molecule has 4 N–H and O–H groups in total. The number of fused-ring (bicyclic) bond motifs is 1. The van der Waals surface area contributed by atoms with Crippen molar-refractivity contribution in [1.82, 2.24) is 9.97 Å². The van der Waals surface area contributed by atoms with Gasteiger partial charge in [-0.2, -0.15) is 0 Å². The van der Waals surface area contributed by atoms with Crippen molar-refractivity contribution in [1.29, 1.82) is 0 Å². The normalized spacial score (nSPS) is 15.2. The molecule has 0 saturated carbocycles. The molecule has 1 atom stereocenters. The molecule has 1 heterocycles. The van der Waals surface area contributed by atoms with Crippen LogP contribution in [0.3, 0.4) is 0 Å². The molecule has 0 fully saturated rings. The maximum Gasteiger partial charge on any atom is 0.106 e. The minimum Gasteiger partial charge on any atom is -0.384 e. The molecule has 4 heteroatoms. The summed E-state index contributed by atoms with van der Waals surface area (Å²) in [6.45, 7) is 3.97. The Morgan fingerprint density at radius 2 is 2.25 bits per heavy atom. The van der Waals surface area contributed by atoms with E-state index in [0.29, 0.717) is 0 Å². The van der Waals surface area contributed by atoms with Crippen LogP contribution in [0.4, 0.5) is 0 Å². The first kappa shape index (κ1) is 11.1. The lowest BCUT2D eigenvalue weighted by Crippen LogP contribution is -2.31. The van der Waals surface area contributed by atoms with Crippen LogP contribution >= 0.6 is 0 Å². The van der Waals surface area contributed by atoms with Crippen molar-refractivity contribution in [3.8, 4) is 0 Å². The summed E-state index contributed by atoms with van der Waals surface area (Å²) in [5.41, 5.74) is 7.24. The monoisotopic (exact) mass is 219 g/mol. The van der Waals surface area contributed by atoms with E-state index in [1.807, 2.05) is 18.2 Å². The second-order valence-corrected chi connectivity index (χ2v) is 4.25. The Balaban J connectivity index is 2.51. The highest BCUT2D eigenvalue weighted by Crippen LogP contribution is 2.23. The molecule has 1 unspecified atom stereocenters. The van der Waals surface area contributed by atoms with Crippen molar-refractivity contribution >= 4 is 11.0 Å². The molecule has 2 rings (SSSR count). The smallest absolute Gasteiger partial charge is 0.106 e. The summed E-state index contributed by atoms with van der Waals surface area (Å²) < 4.78 is 0. The fraction of sp³-hybridized carbons (Fsp3) is 0.417. The summed E-state index contributed by atoms with van der Waals surface area (Å²) in [6, 6.07) is 5.69. The van der Waals surface area contributed by atoms with Crippen molar-refractivity contribution in [2.45, 2.75) is 25.9 Å². The van der Waals surface area contributed by atoms with Crippen molar-refractivity contribution < 1.29 is 5.11 Å². The van der Waals surface area contributed by atoms with E-state index in [0.717, 1.165) is 28.8 Å². The van der Waals surface area contributed by atoms with Gasteiger partial charge in [-0.05, 0) is 24.6 Å². The SMILES string of the molecule is CCc1nc2ccc(C(C)(O)CN)cc2[nH]1. The zero-order valence-corrected chi connectivity index (χ0v) is 9.62. The van der Waals surface area contributed by atoms with Gasteiger partial charge in [0.15, 0.2) is 0 Å². The lowest BCUT2D eigenvalue weighted by Gasteiger charge is -2.21. The largest absolute Gasteiger partial charge is 0.384 e. The van der Waals surface area contributed by atoms with E-state index < -0.39 is 5.60 Å². The number of H-pyrrole nitrogens is 1. The Morgan fingerprint density at radius 3 is 2.88 bits per heavy atom. The van der Waals surface area contributed by atoms with Gasteiger partial charge < -0.3 is 15.8 Å². The summed E-state index contributed by atoms with van der Waals surface area (Å²) in [5, 5.41) is 10.1. The second-order valence-electron chi connectivity index (χ2n) is 4.25. The van der Waals surface area contributed by atoms with Crippen LogP contribution in [0.5, 0.6) is 0 Å². The number of aromatic nitrogens is 2. The Hall–Kier alpha value is -1.39. The quantitative estimate of drug-likeness (QED) is 0.728. The van der Waals surface area contributed by atoms with Gasteiger partial charge in [-0.1, -0.05) is 13.0 Å². The molecule has 0 saturated heterocycles. The molecule has 86 valence electrons. The van der Waals surface area contributed by atoms with Crippen molar-refractivity contribution in [2.75, 3.05) is 6.54 Å². The van der Waals surface area contributed by atoms with Crippen LogP contribution in [0.2, 0.25) is 0 Å². The number of aryl methyl sites for hydroxylation is 1. The average Bonchev–Trinajstić information content (AvgIpc) is 2.70. The molecule has 0 aliphatic rings. The van der Waals surface area contributed by atoms with Crippen LogP contribution in [-0.2, 0) is 12.0 Å². The van der Waals surface area contributed by atoms with Gasteiger partial charge in [0.25, 0.3) is 0 Å². The van der Waals surface area contributed by atoms with E-state index in [1.165, 1.54) is 0 Å². The molecule has 0 radical (unpaired) electrons. The number of benzene rings is 1. The predicted molar refractivity (Wildman–Crippen MR) is 64.1 cm³/mol. The molecule has 0 aliphatic carbocycles. The Bertz CT molecular complexity index is 502. The van der Waals surface area contributed by atoms with E-state index >= 15 is 0 Å². The molecule has 1 aromatic heterocycles. The zero-order valence-electron chi connectivity index (χ0n) is 9.62. The number of rotatable bonds is 3. The second kappa shape index (κ2) is 3.88. The number of nitrogens with one attached hydrogen (secondary N) is 1. The maximum atomic E-state index is 10.1. The Morgan fingerprint density at radius 1 is 1.50 bits per heavy atom. The predicted octanol–water partition coefficient (Wildman–Crippen LogP) is 1.29. The summed E-state index contributed by atoms with van der Waals surface area (Å²) >= 11 is 0. The van der Waals surface area contributed by atoms with Gasteiger partial charge in [0, 0.05) is 13.0 Å². The third kappa shape index (κ3) is 1.81. The number of aromatic amines is 1. The van der Waals surface area contributed by atoms with Crippen LogP contribution in [0.25, 0.3) is 11.0 Å². The van der Waals surface area contributed by atoms with Crippen molar-refractivity contribution in [3.05, 3.63) is 29.6 Å². The third-order valence-electron chi connectivity index (χ3n) is 2.89. The Labute approximate surface area is 94.5 Å². The van der Waals surface area contributed by atoms with Gasteiger partial charge in [-0.25, -0.2) is 4.98 Å². The van der Waals surface area contributed by atoms with Crippen LogP contribution in [0.15, 0.2) is 18.2 Å². The van der Waals surface area contributed by atoms with Gasteiger partial charge in [-0.3, -0.25) is 0 Å². The van der Waals surface area contributed by atoms with Crippen LogP contribution in [-0.4, -0.2) is 21.6 Å². The van der Waals surface area contributed by atoms with E-state index in [-0.39, 0.29) is 6.54 Å². The van der Waals surface area contributed by atoms with Gasteiger partial charge in [-0.15, -0.1) is 0 Å². The molecule has 1 aromatic carbocycles. The third-order valence-corrected chi connectivity index (χ3v) is 2.89. The number of nitrogens with zero attached hydrogens (tertiary/aromatic N) is 1. The topological polar surface area (TPSA) is 74.9 Å². The summed E-state index contributed by atoms with van der Waals surface area (Å²) in [7, 11) is 0. The van der Waals surface area contributed by atoms with Gasteiger partial charge in [0.05, 0.1) is 16.6 Å². The highest BCUT2D eigenvalue weighted by molar-refractivity contribution is 5.76. The first-order valence-electron chi connectivity index (χ1n) is 5.48. The fourth-order valence-corrected chi connectivity index (χ4v) is 1.68. The molecule has 0 spiro atoms.